The maximum absolute atomic E-state index is 5.23. The number of aromatic amines is 1. The van der Waals surface area contributed by atoms with E-state index in [0.717, 1.165) is 0 Å². The molecule has 0 aliphatic carbocycles. The molecule has 1 unspecified atom stereocenters. The molecule has 0 fully saturated rings. The van der Waals surface area contributed by atoms with Gasteiger partial charge in [-0.15, -0.1) is 0 Å². The van der Waals surface area contributed by atoms with Crippen molar-refractivity contribution in [1.82, 2.24) is 20.2 Å². The molecule has 1 N–H and O–H groups in total. The number of nitrogens with zero attached hydrogens (tertiary/aromatic N) is 3. The summed E-state index contributed by atoms with van der Waals surface area (Å²) in [5.74, 6) is 0. The summed E-state index contributed by atoms with van der Waals surface area (Å²) in [5, 5.41) is 9.93. The number of H-pyrrole nitrogens is 1. The van der Waals surface area contributed by atoms with Crippen LogP contribution < -0.4 is 0 Å². The fourth-order valence-electron chi connectivity index (χ4n) is 0.854. The van der Waals surface area contributed by atoms with Crippen molar-refractivity contribution in [2.24, 2.45) is 0 Å². The molecule has 68 valence electrons. The van der Waals surface area contributed by atoms with Crippen molar-refractivity contribution in [2.45, 2.75) is 19.9 Å². The number of aromatic nitrogens is 4. The first-order chi connectivity index (χ1) is 5.75. The standard InChI is InChI=1S/C6H12N4OS/c1-3-11-4-5(2)10-6(12)7-8-9-10/h5H,3-4H2,1-2H3,(H,7,9,12). The van der Waals surface area contributed by atoms with Crippen molar-refractivity contribution < 1.29 is 4.74 Å². The molecule has 0 spiro atoms. The van der Waals surface area contributed by atoms with Crippen LogP contribution in [0.2, 0.25) is 0 Å². The van der Waals surface area contributed by atoms with Crippen molar-refractivity contribution in [3.8, 4) is 0 Å². The summed E-state index contributed by atoms with van der Waals surface area (Å²) in [6.45, 7) is 5.27. The van der Waals surface area contributed by atoms with Gasteiger partial charge in [0.2, 0.25) is 4.77 Å². The van der Waals surface area contributed by atoms with Gasteiger partial charge < -0.3 is 4.74 Å². The molecule has 1 aromatic rings. The quantitative estimate of drug-likeness (QED) is 0.714. The Hall–Kier alpha value is -0.750. The lowest BCUT2D eigenvalue weighted by atomic mass is 10.4. The Kier molecular flexibility index (Phi) is 3.36. The van der Waals surface area contributed by atoms with E-state index in [9.17, 15) is 0 Å². The highest BCUT2D eigenvalue weighted by Crippen LogP contribution is 2.02. The van der Waals surface area contributed by atoms with Gasteiger partial charge in [-0.1, -0.05) is 10.3 Å². The zero-order valence-corrected chi connectivity index (χ0v) is 7.97. The van der Waals surface area contributed by atoms with Gasteiger partial charge in [-0.2, -0.15) is 5.21 Å². The fourth-order valence-corrected chi connectivity index (χ4v) is 1.12. The van der Waals surface area contributed by atoms with Crippen LogP contribution in [0.5, 0.6) is 0 Å². The maximum Gasteiger partial charge on any atom is 0.238 e. The fraction of sp³-hybridized carbons (Fsp3) is 0.833. The molecule has 1 aromatic heterocycles. The molecule has 1 rings (SSSR count). The summed E-state index contributed by atoms with van der Waals surface area (Å²) in [6.07, 6.45) is 0. The van der Waals surface area contributed by atoms with Gasteiger partial charge in [0.1, 0.15) is 0 Å². The van der Waals surface area contributed by atoms with E-state index in [1.54, 1.807) is 4.68 Å². The topological polar surface area (TPSA) is 55.7 Å². The molecule has 0 radical (unpaired) electrons. The van der Waals surface area contributed by atoms with E-state index >= 15 is 0 Å². The van der Waals surface area contributed by atoms with Gasteiger partial charge in [0, 0.05) is 6.61 Å². The summed E-state index contributed by atoms with van der Waals surface area (Å²) < 4.78 is 7.39. The van der Waals surface area contributed by atoms with Crippen LogP contribution in [-0.4, -0.2) is 33.4 Å². The molecule has 12 heavy (non-hydrogen) atoms. The van der Waals surface area contributed by atoms with E-state index < -0.39 is 0 Å². The minimum absolute atomic E-state index is 0.160. The van der Waals surface area contributed by atoms with Gasteiger partial charge in [-0.05, 0) is 26.1 Å². The first kappa shape index (κ1) is 9.34. The summed E-state index contributed by atoms with van der Waals surface area (Å²) in [7, 11) is 0. The Morgan fingerprint density at radius 3 is 3.00 bits per heavy atom. The molecular formula is C6H12N4OS. The minimum atomic E-state index is 0.160. The summed E-state index contributed by atoms with van der Waals surface area (Å²) in [4.78, 5) is 0. The van der Waals surface area contributed by atoms with Gasteiger partial charge in [-0.25, -0.2) is 4.68 Å². The first-order valence-corrected chi connectivity index (χ1v) is 4.24. The molecular weight excluding hydrogens is 176 g/mol. The van der Waals surface area contributed by atoms with Gasteiger partial charge >= 0.3 is 0 Å². The Labute approximate surface area is 75.7 Å². The molecule has 0 saturated heterocycles. The number of ether oxygens (including phenoxy) is 1. The number of hydrogen-bond donors (Lipinski definition) is 1. The van der Waals surface area contributed by atoms with Gasteiger partial charge in [0.25, 0.3) is 0 Å². The van der Waals surface area contributed by atoms with Crippen LogP contribution in [0.15, 0.2) is 0 Å². The molecule has 6 heteroatoms. The number of tetrazole rings is 1. The normalized spacial score (nSPS) is 13.2. The third kappa shape index (κ3) is 2.12. The van der Waals surface area contributed by atoms with E-state index in [2.05, 4.69) is 15.5 Å². The van der Waals surface area contributed by atoms with Crippen LogP contribution in [-0.2, 0) is 4.74 Å². The van der Waals surface area contributed by atoms with Crippen LogP contribution in [0, 0.1) is 4.77 Å². The smallest absolute Gasteiger partial charge is 0.238 e. The lowest BCUT2D eigenvalue weighted by Gasteiger charge is -2.10. The Bertz CT molecular complexity index is 281. The predicted molar refractivity (Wildman–Crippen MR) is 46.4 cm³/mol. The molecule has 0 bridgehead atoms. The van der Waals surface area contributed by atoms with Gasteiger partial charge in [0.05, 0.1) is 12.6 Å². The van der Waals surface area contributed by atoms with Gasteiger partial charge in [-0.3, -0.25) is 0 Å². The van der Waals surface area contributed by atoms with Crippen LogP contribution in [0.3, 0.4) is 0 Å². The summed E-state index contributed by atoms with van der Waals surface area (Å²) >= 11 is 4.91. The molecule has 0 aliphatic heterocycles. The summed E-state index contributed by atoms with van der Waals surface area (Å²) in [5.41, 5.74) is 0. The SMILES string of the molecule is CCOCC(C)n1[nH]nnc1=S. The van der Waals surface area contributed by atoms with E-state index in [1.807, 2.05) is 13.8 Å². The zero-order chi connectivity index (χ0) is 8.97. The van der Waals surface area contributed by atoms with Crippen LogP contribution in [0.25, 0.3) is 0 Å². The second-order valence-corrected chi connectivity index (χ2v) is 2.83. The van der Waals surface area contributed by atoms with Crippen LogP contribution >= 0.6 is 12.2 Å². The molecule has 0 aromatic carbocycles. The van der Waals surface area contributed by atoms with Crippen molar-refractivity contribution >= 4 is 12.2 Å². The molecule has 0 saturated carbocycles. The predicted octanol–water partition coefficient (Wildman–Crippen LogP) is 0.933. The number of hydrogen-bond acceptors (Lipinski definition) is 4. The average molecular weight is 188 g/mol. The van der Waals surface area contributed by atoms with E-state index in [-0.39, 0.29) is 6.04 Å². The van der Waals surface area contributed by atoms with E-state index in [1.165, 1.54) is 0 Å². The maximum atomic E-state index is 5.23. The zero-order valence-electron chi connectivity index (χ0n) is 7.15. The van der Waals surface area contributed by atoms with Crippen molar-refractivity contribution in [1.29, 1.82) is 0 Å². The molecule has 5 nitrogen and oxygen atoms in total. The first-order valence-electron chi connectivity index (χ1n) is 3.83. The third-order valence-electron chi connectivity index (χ3n) is 1.50. The summed E-state index contributed by atoms with van der Waals surface area (Å²) in [6, 6.07) is 0.160. The third-order valence-corrected chi connectivity index (χ3v) is 1.78. The van der Waals surface area contributed by atoms with Gasteiger partial charge in [0.15, 0.2) is 0 Å². The minimum Gasteiger partial charge on any atom is -0.380 e. The lowest BCUT2D eigenvalue weighted by Crippen LogP contribution is -2.13. The monoisotopic (exact) mass is 188 g/mol. The van der Waals surface area contributed by atoms with E-state index in [0.29, 0.717) is 18.0 Å². The highest BCUT2D eigenvalue weighted by atomic mass is 32.1. The second kappa shape index (κ2) is 4.32. The van der Waals surface area contributed by atoms with E-state index in [4.69, 9.17) is 17.0 Å². The molecule has 0 aliphatic rings. The second-order valence-electron chi connectivity index (χ2n) is 2.46. The number of rotatable bonds is 4. The largest absolute Gasteiger partial charge is 0.380 e. The van der Waals surface area contributed by atoms with Crippen LogP contribution in [0.4, 0.5) is 0 Å². The molecule has 1 heterocycles. The van der Waals surface area contributed by atoms with Crippen molar-refractivity contribution in [3.05, 3.63) is 4.77 Å². The molecule has 0 amide bonds. The molecule has 1 atom stereocenters. The van der Waals surface area contributed by atoms with Crippen molar-refractivity contribution in [3.63, 3.8) is 0 Å². The Balaban J connectivity index is 2.59. The highest BCUT2D eigenvalue weighted by Gasteiger charge is 2.05. The van der Waals surface area contributed by atoms with Crippen molar-refractivity contribution in [2.75, 3.05) is 13.2 Å². The average Bonchev–Trinajstić information content (AvgIpc) is 2.47. The number of nitrogens with one attached hydrogen (secondary N) is 1. The Morgan fingerprint density at radius 2 is 2.50 bits per heavy atom. The lowest BCUT2D eigenvalue weighted by molar-refractivity contribution is 0.114. The Morgan fingerprint density at radius 1 is 1.75 bits per heavy atom. The van der Waals surface area contributed by atoms with Crippen LogP contribution in [0.1, 0.15) is 19.9 Å². The highest BCUT2D eigenvalue weighted by molar-refractivity contribution is 7.71.